The van der Waals surface area contributed by atoms with Crippen molar-refractivity contribution in [2.24, 2.45) is 5.92 Å². The molecule has 0 radical (unpaired) electrons. The lowest BCUT2D eigenvalue weighted by molar-refractivity contribution is -0.136. The maximum Gasteiger partial charge on any atom is 0.228 e. The van der Waals surface area contributed by atoms with Gasteiger partial charge in [0.15, 0.2) is 9.84 Å². The number of para-hydroxylation sites is 1. The van der Waals surface area contributed by atoms with E-state index >= 15 is 0 Å². The fraction of sp³-hybridized carbons (Fsp3) is 0.500. The minimum absolute atomic E-state index is 0.0332. The third kappa shape index (κ3) is 3.37. The first-order valence-corrected chi connectivity index (χ1v) is 9.73. The van der Waals surface area contributed by atoms with Crippen LogP contribution in [0.3, 0.4) is 0 Å². The van der Waals surface area contributed by atoms with Gasteiger partial charge in [-0.15, -0.1) is 0 Å². The average molecular weight is 372 g/mol. The first-order valence-electron chi connectivity index (χ1n) is 7.91. The zero-order valence-electron chi connectivity index (χ0n) is 13.6. The van der Waals surface area contributed by atoms with Crippen LogP contribution in [0.25, 0.3) is 0 Å². The first kappa shape index (κ1) is 17.8. The summed E-state index contributed by atoms with van der Waals surface area (Å²) in [6.07, 6.45) is 0.202. The molecule has 2 aliphatic rings. The number of carbonyl (C=O) groups excluding carboxylic acids is 2. The Labute approximate surface area is 144 Å². The van der Waals surface area contributed by atoms with E-state index in [1.165, 1.54) is 18.0 Å². The van der Waals surface area contributed by atoms with Crippen molar-refractivity contribution in [1.82, 2.24) is 4.90 Å². The molecule has 9 heteroatoms. The normalized spacial score (nSPS) is 25.4. The molecule has 2 atom stereocenters. The lowest BCUT2D eigenvalue weighted by Gasteiger charge is -2.26. The first-order chi connectivity index (χ1) is 11.7. The maximum absolute atomic E-state index is 13.9. The van der Waals surface area contributed by atoms with Crippen molar-refractivity contribution in [2.75, 3.05) is 30.0 Å². The number of rotatable bonds is 3. The molecule has 0 aromatic heterocycles. The zero-order valence-corrected chi connectivity index (χ0v) is 14.4. The van der Waals surface area contributed by atoms with E-state index in [9.17, 15) is 26.8 Å². The van der Waals surface area contributed by atoms with E-state index in [4.69, 9.17) is 0 Å². The smallest absolute Gasteiger partial charge is 0.228 e. The van der Waals surface area contributed by atoms with Crippen molar-refractivity contribution in [3.8, 4) is 0 Å². The molecule has 2 amide bonds. The Morgan fingerprint density at radius 3 is 2.48 bits per heavy atom. The quantitative estimate of drug-likeness (QED) is 0.792. The molecule has 0 aliphatic carbocycles. The second-order valence-electron chi connectivity index (χ2n) is 6.48. The molecular weight excluding hydrogens is 354 g/mol. The number of benzene rings is 1. The van der Waals surface area contributed by atoms with Gasteiger partial charge in [0.2, 0.25) is 11.8 Å². The molecule has 2 saturated heterocycles. The fourth-order valence-electron chi connectivity index (χ4n) is 3.38. The molecule has 0 saturated carbocycles. The summed E-state index contributed by atoms with van der Waals surface area (Å²) >= 11 is 0. The standard InChI is InChI=1S/C16H18F2N2O4S/c1-19(11-5-6-25(23,24)9-11)16(22)10-7-14(21)20(8-10)15-12(17)3-2-4-13(15)18/h2-4,10-11H,5-9H2,1H3. The van der Waals surface area contributed by atoms with Crippen LogP contribution in [-0.4, -0.2) is 56.3 Å². The predicted octanol–water partition coefficient (Wildman–Crippen LogP) is 0.963. The van der Waals surface area contributed by atoms with Gasteiger partial charge in [-0.2, -0.15) is 0 Å². The number of amides is 2. The van der Waals surface area contributed by atoms with Gasteiger partial charge in [0.25, 0.3) is 0 Å². The Hall–Kier alpha value is -2.03. The summed E-state index contributed by atoms with van der Waals surface area (Å²) in [5, 5.41) is 0. The van der Waals surface area contributed by atoms with E-state index in [0.717, 1.165) is 17.0 Å². The number of nitrogens with zero attached hydrogens (tertiary/aromatic N) is 2. The molecular formula is C16H18F2N2O4S. The molecule has 1 aromatic rings. The van der Waals surface area contributed by atoms with E-state index in [1.807, 2.05) is 0 Å². The number of halogens is 2. The lowest BCUT2D eigenvalue weighted by Crippen LogP contribution is -2.42. The summed E-state index contributed by atoms with van der Waals surface area (Å²) in [4.78, 5) is 27.1. The lowest BCUT2D eigenvalue weighted by atomic mass is 10.1. The number of sulfone groups is 1. The van der Waals surface area contributed by atoms with Gasteiger partial charge in [-0.05, 0) is 18.6 Å². The minimum Gasteiger partial charge on any atom is -0.341 e. The highest BCUT2D eigenvalue weighted by Gasteiger charge is 2.41. The highest BCUT2D eigenvalue weighted by atomic mass is 32.2. The van der Waals surface area contributed by atoms with Crippen molar-refractivity contribution in [1.29, 1.82) is 0 Å². The summed E-state index contributed by atoms with van der Waals surface area (Å²) < 4.78 is 50.9. The third-order valence-electron chi connectivity index (χ3n) is 4.79. The number of hydrogen-bond acceptors (Lipinski definition) is 4. The summed E-state index contributed by atoms with van der Waals surface area (Å²) in [5.41, 5.74) is -0.450. The van der Waals surface area contributed by atoms with Crippen LogP contribution in [0.5, 0.6) is 0 Å². The van der Waals surface area contributed by atoms with Crippen LogP contribution in [0.1, 0.15) is 12.8 Å². The molecule has 1 aromatic carbocycles. The zero-order chi connectivity index (χ0) is 18.4. The molecule has 25 heavy (non-hydrogen) atoms. The molecule has 2 fully saturated rings. The Morgan fingerprint density at radius 2 is 1.92 bits per heavy atom. The van der Waals surface area contributed by atoms with Gasteiger partial charge in [0.1, 0.15) is 17.3 Å². The molecule has 0 N–H and O–H groups in total. The molecule has 2 unspecified atom stereocenters. The Kier molecular flexibility index (Phi) is 4.52. The number of carbonyl (C=O) groups is 2. The monoisotopic (exact) mass is 372 g/mol. The van der Waals surface area contributed by atoms with Crippen molar-refractivity contribution in [3.63, 3.8) is 0 Å². The van der Waals surface area contributed by atoms with Crippen LogP contribution in [0.2, 0.25) is 0 Å². The topological polar surface area (TPSA) is 74.8 Å². The molecule has 0 bridgehead atoms. The SMILES string of the molecule is CN(C(=O)C1CC(=O)N(c2c(F)cccc2F)C1)C1CCS(=O)(=O)C1. The molecule has 3 rings (SSSR count). The van der Waals surface area contributed by atoms with E-state index in [1.54, 1.807) is 0 Å². The van der Waals surface area contributed by atoms with Crippen LogP contribution >= 0.6 is 0 Å². The highest BCUT2D eigenvalue weighted by molar-refractivity contribution is 7.91. The van der Waals surface area contributed by atoms with E-state index < -0.39 is 45.0 Å². The summed E-state index contributed by atoms with van der Waals surface area (Å²) in [6, 6.07) is 2.88. The van der Waals surface area contributed by atoms with Gasteiger partial charge in [-0.25, -0.2) is 17.2 Å². The molecule has 2 aliphatic heterocycles. The van der Waals surface area contributed by atoms with Gasteiger partial charge < -0.3 is 9.80 Å². The van der Waals surface area contributed by atoms with Crippen LogP contribution in [-0.2, 0) is 19.4 Å². The largest absolute Gasteiger partial charge is 0.341 e. The van der Waals surface area contributed by atoms with Crippen molar-refractivity contribution in [3.05, 3.63) is 29.8 Å². The predicted molar refractivity (Wildman–Crippen MR) is 86.6 cm³/mol. The van der Waals surface area contributed by atoms with Crippen molar-refractivity contribution in [2.45, 2.75) is 18.9 Å². The number of hydrogen-bond donors (Lipinski definition) is 0. The fourth-order valence-corrected chi connectivity index (χ4v) is 5.16. The van der Waals surface area contributed by atoms with Crippen molar-refractivity contribution >= 4 is 27.3 Å². The highest BCUT2D eigenvalue weighted by Crippen LogP contribution is 2.31. The Bertz CT molecular complexity index is 807. The Balaban J connectivity index is 1.75. The van der Waals surface area contributed by atoms with Gasteiger partial charge in [0, 0.05) is 26.1 Å². The molecule has 136 valence electrons. The van der Waals surface area contributed by atoms with Crippen molar-refractivity contribution < 1.29 is 26.8 Å². The van der Waals surface area contributed by atoms with Crippen LogP contribution in [0, 0.1) is 17.6 Å². The van der Waals surface area contributed by atoms with E-state index in [-0.39, 0.29) is 30.4 Å². The third-order valence-corrected chi connectivity index (χ3v) is 6.54. The van der Waals surface area contributed by atoms with Crippen LogP contribution < -0.4 is 4.90 Å². The van der Waals surface area contributed by atoms with Gasteiger partial charge >= 0.3 is 0 Å². The summed E-state index contributed by atoms with van der Waals surface area (Å²) in [6.45, 7) is -0.126. The Morgan fingerprint density at radius 1 is 1.28 bits per heavy atom. The summed E-state index contributed by atoms with van der Waals surface area (Å²) in [7, 11) is -1.64. The maximum atomic E-state index is 13.9. The van der Waals surface area contributed by atoms with E-state index in [0.29, 0.717) is 6.42 Å². The number of anilines is 1. The van der Waals surface area contributed by atoms with Gasteiger partial charge in [-0.3, -0.25) is 9.59 Å². The van der Waals surface area contributed by atoms with Gasteiger partial charge in [0.05, 0.1) is 17.4 Å². The second-order valence-corrected chi connectivity index (χ2v) is 8.71. The van der Waals surface area contributed by atoms with Crippen LogP contribution in [0.4, 0.5) is 14.5 Å². The molecule has 0 spiro atoms. The summed E-state index contributed by atoms with van der Waals surface area (Å²) in [5.74, 6) is -3.45. The van der Waals surface area contributed by atoms with Crippen LogP contribution in [0.15, 0.2) is 18.2 Å². The molecule has 6 nitrogen and oxygen atoms in total. The second kappa shape index (κ2) is 6.36. The average Bonchev–Trinajstić information content (AvgIpc) is 3.09. The minimum atomic E-state index is -3.14. The molecule has 2 heterocycles. The van der Waals surface area contributed by atoms with E-state index in [2.05, 4.69) is 0 Å². The van der Waals surface area contributed by atoms with Gasteiger partial charge in [-0.1, -0.05) is 6.07 Å².